The molecule has 1 unspecified atom stereocenters. The maximum absolute atomic E-state index is 12.6. The molecule has 4 nitrogen and oxygen atoms in total. The fourth-order valence-electron chi connectivity index (χ4n) is 3.21. The molecule has 3 rings (SSSR count). The number of amides is 1. The summed E-state index contributed by atoms with van der Waals surface area (Å²) in [5.74, 6) is 0.558. The zero-order chi connectivity index (χ0) is 14.0. The van der Waals surface area contributed by atoms with Crippen LogP contribution < -0.4 is 5.73 Å². The molecule has 1 amide bonds. The average Bonchev–Trinajstić information content (AvgIpc) is 2.98. The summed E-state index contributed by atoms with van der Waals surface area (Å²) < 4.78 is 5.32. The second kappa shape index (κ2) is 6.77. The summed E-state index contributed by atoms with van der Waals surface area (Å²) >= 11 is 0. The van der Waals surface area contributed by atoms with E-state index in [9.17, 15) is 4.79 Å². The van der Waals surface area contributed by atoms with Gasteiger partial charge in [0.05, 0.1) is 5.54 Å². The molecule has 2 fully saturated rings. The Bertz CT molecular complexity index is 474. The predicted octanol–water partition coefficient (Wildman–Crippen LogP) is 1.93. The number of benzene rings is 1. The summed E-state index contributed by atoms with van der Waals surface area (Å²) in [6.45, 7) is 2.80. The molecule has 2 aliphatic heterocycles. The number of nitrogens with two attached hydrogens (primary N) is 1. The first kappa shape index (κ1) is 16.3. The first-order chi connectivity index (χ1) is 9.69. The van der Waals surface area contributed by atoms with Gasteiger partial charge < -0.3 is 15.4 Å². The van der Waals surface area contributed by atoms with Crippen LogP contribution in [0, 0.1) is 0 Å². The lowest BCUT2D eigenvalue weighted by Crippen LogP contribution is -2.57. The zero-order valence-corrected chi connectivity index (χ0v) is 13.0. The highest BCUT2D eigenvalue weighted by Gasteiger charge is 2.41. The molecule has 1 atom stereocenters. The van der Waals surface area contributed by atoms with Crippen LogP contribution in [0.3, 0.4) is 0 Å². The Balaban J connectivity index is 0.00000161. The highest BCUT2D eigenvalue weighted by Crippen LogP contribution is 2.30. The van der Waals surface area contributed by atoms with Gasteiger partial charge >= 0.3 is 0 Å². The lowest BCUT2D eigenvalue weighted by molar-refractivity contribution is -0.139. The Morgan fingerprint density at radius 3 is 2.57 bits per heavy atom. The van der Waals surface area contributed by atoms with Gasteiger partial charge in [0.15, 0.2) is 0 Å². The van der Waals surface area contributed by atoms with Crippen molar-refractivity contribution in [1.29, 1.82) is 0 Å². The third kappa shape index (κ3) is 3.39. The summed E-state index contributed by atoms with van der Waals surface area (Å²) in [5.41, 5.74) is 6.91. The quantitative estimate of drug-likeness (QED) is 0.908. The SMILES string of the molecule is Cl.NC1(C(=O)N2CCC(c3ccccc3)C2)CCOCC1. The van der Waals surface area contributed by atoms with Crippen LogP contribution >= 0.6 is 12.4 Å². The van der Waals surface area contributed by atoms with Gasteiger partial charge in [0.25, 0.3) is 0 Å². The van der Waals surface area contributed by atoms with E-state index in [0.29, 0.717) is 32.0 Å². The van der Waals surface area contributed by atoms with Gasteiger partial charge in [0.2, 0.25) is 5.91 Å². The van der Waals surface area contributed by atoms with E-state index in [0.717, 1.165) is 19.5 Å². The van der Waals surface area contributed by atoms with Crippen molar-refractivity contribution in [1.82, 2.24) is 4.90 Å². The van der Waals surface area contributed by atoms with E-state index in [1.807, 2.05) is 11.0 Å². The lowest BCUT2D eigenvalue weighted by Gasteiger charge is -2.35. The van der Waals surface area contributed by atoms with E-state index < -0.39 is 5.54 Å². The van der Waals surface area contributed by atoms with Gasteiger partial charge in [-0.1, -0.05) is 30.3 Å². The second-order valence-electron chi connectivity index (χ2n) is 5.92. The van der Waals surface area contributed by atoms with Gasteiger partial charge in [0, 0.05) is 32.2 Å². The Hall–Kier alpha value is -1.10. The number of carbonyl (C=O) groups excluding carboxylic acids is 1. The Morgan fingerprint density at radius 1 is 1.24 bits per heavy atom. The van der Waals surface area contributed by atoms with Gasteiger partial charge in [-0.2, -0.15) is 0 Å². The van der Waals surface area contributed by atoms with Crippen molar-refractivity contribution in [2.75, 3.05) is 26.3 Å². The number of carbonyl (C=O) groups is 1. The van der Waals surface area contributed by atoms with Crippen LogP contribution in [-0.2, 0) is 9.53 Å². The maximum atomic E-state index is 12.6. The summed E-state index contributed by atoms with van der Waals surface area (Å²) in [6, 6.07) is 10.4. The third-order valence-electron chi connectivity index (χ3n) is 4.56. The minimum atomic E-state index is -0.705. The Morgan fingerprint density at radius 2 is 1.90 bits per heavy atom. The van der Waals surface area contributed by atoms with Crippen molar-refractivity contribution in [3.8, 4) is 0 Å². The molecule has 2 N–H and O–H groups in total. The molecule has 21 heavy (non-hydrogen) atoms. The number of halogens is 1. The molecule has 0 radical (unpaired) electrons. The predicted molar refractivity (Wildman–Crippen MR) is 84.6 cm³/mol. The lowest BCUT2D eigenvalue weighted by atomic mass is 9.89. The third-order valence-corrected chi connectivity index (χ3v) is 4.56. The molecule has 2 aliphatic rings. The van der Waals surface area contributed by atoms with Crippen molar-refractivity contribution < 1.29 is 9.53 Å². The summed E-state index contributed by atoms with van der Waals surface area (Å²) in [4.78, 5) is 14.6. The number of nitrogens with zero attached hydrogens (tertiary/aromatic N) is 1. The van der Waals surface area contributed by atoms with Crippen LogP contribution in [0.1, 0.15) is 30.7 Å². The number of rotatable bonds is 2. The topological polar surface area (TPSA) is 55.6 Å². The van der Waals surface area contributed by atoms with E-state index in [1.54, 1.807) is 0 Å². The van der Waals surface area contributed by atoms with Crippen LogP contribution in [0.5, 0.6) is 0 Å². The van der Waals surface area contributed by atoms with Gasteiger partial charge in [-0.25, -0.2) is 0 Å². The molecule has 0 bridgehead atoms. The Kier molecular flexibility index (Phi) is 5.25. The smallest absolute Gasteiger partial charge is 0.242 e. The molecular formula is C16H23ClN2O2. The molecule has 1 aromatic rings. The van der Waals surface area contributed by atoms with Crippen LogP contribution in [0.15, 0.2) is 30.3 Å². The fraction of sp³-hybridized carbons (Fsp3) is 0.562. The summed E-state index contributed by atoms with van der Waals surface area (Å²) in [6.07, 6.45) is 2.30. The highest BCUT2D eigenvalue weighted by atomic mass is 35.5. The van der Waals surface area contributed by atoms with E-state index >= 15 is 0 Å². The Labute approximate surface area is 132 Å². The minimum Gasteiger partial charge on any atom is -0.381 e. The van der Waals surface area contributed by atoms with Crippen molar-refractivity contribution in [3.63, 3.8) is 0 Å². The first-order valence-electron chi connectivity index (χ1n) is 7.40. The average molecular weight is 311 g/mol. The number of ether oxygens (including phenoxy) is 1. The van der Waals surface area contributed by atoms with Gasteiger partial charge in [-0.3, -0.25) is 4.79 Å². The van der Waals surface area contributed by atoms with Gasteiger partial charge in [-0.05, 0) is 24.8 Å². The van der Waals surface area contributed by atoms with Crippen LogP contribution in [0.4, 0.5) is 0 Å². The van der Waals surface area contributed by atoms with Crippen molar-refractivity contribution in [2.24, 2.45) is 5.73 Å². The molecule has 0 spiro atoms. The van der Waals surface area contributed by atoms with E-state index in [4.69, 9.17) is 10.5 Å². The van der Waals surface area contributed by atoms with Crippen LogP contribution in [-0.4, -0.2) is 42.6 Å². The normalized spacial score (nSPS) is 24.4. The standard InChI is InChI=1S/C16H22N2O2.ClH/c17-16(7-10-20-11-8-16)15(19)18-9-6-14(12-18)13-4-2-1-3-5-13;/h1-5,14H,6-12,17H2;1H. The summed E-state index contributed by atoms with van der Waals surface area (Å²) in [7, 11) is 0. The zero-order valence-electron chi connectivity index (χ0n) is 12.2. The van der Waals surface area contributed by atoms with Gasteiger partial charge in [0.1, 0.15) is 0 Å². The van der Waals surface area contributed by atoms with Crippen molar-refractivity contribution in [2.45, 2.75) is 30.7 Å². The fourth-order valence-corrected chi connectivity index (χ4v) is 3.21. The number of hydrogen-bond donors (Lipinski definition) is 1. The number of likely N-dealkylation sites (tertiary alicyclic amines) is 1. The molecule has 5 heteroatoms. The first-order valence-corrected chi connectivity index (χ1v) is 7.40. The van der Waals surface area contributed by atoms with Crippen LogP contribution in [0.25, 0.3) is 0 Å². The molecule has 2 saturated heterocycles. The molecule has 116 valence electrons. The minimum absolute atomic E-state index is 0. The van der Waals surface area contributed by atoms with E-state index in [-0.39, 0.29) is 18.3 Å². The maximum Gasteiger partial charge on any atom is 0.242 e. The molecule has 2 heterocycles. The van der Waals surface area contributed by atoms with E-state index in [2.05, 4.69) is 24.3 Å². The highest BCUT2D eigenvalue weighted by molar-refractivity contribution is 5.86. The number of hydrogen-bond acceptors (Lipinski definition) is 3. The summed E-state index contributed by atoms with van der Waals surface area (Å²) in [5, 5.41) is 0. The molecule has 0 aromatic heterocycles. The molecular weight excluding hydrogens is 288 g/mol. The second-order valence-corrected chi connectivity index (χ2v) is 5.92. The van der Waals surface area contributed by atoms with Crippen molar-refractivity contribution in [3.05, 3.63) is 35.9 Å². The molecule has 0 aliphatic carbocycles. The van der Waals surface area contributed by atoms with E-state index in [1.165, 1.54) is 5.56 Å². The monoisotopic (exact) mass is 310 g/mol. The van der Waals surface area contributed by atoms with Crippen LogP contribution in [0.2, 0.25) is 0 Å². The van der Waals surface area contributed by atoms with Crippen molar-refractivity contribution >= 4 is 18.3 Å². The molecule has 0 saturated carbocycles. The molecule has 1 aromatic carbocycles. The van der Waals surface area contributed by atoms with Gasteiger partial charge in [-0.15, -0.1) is 12.4 Å². The largest absolute Gasteiger partial charge is 0.381 e.